The molecule has 130 valence electrons. The summed E-state index contributed by atoms with van der Waals surface area (Å²) >= 11 is 0. The van der Waals surface area contributed by atoms with E-state index >= 15 is 0 Å². The molecule has 2 heterocycles. The summed E-state index contributed by atoms with van der Waals surface area (Å²) < 4.78 is 4.95. The average molecular weight is 325 g/mol. The Morgan fingerprint density at radius 1 is 1.48 bits per heavy atom. The number of aliphatic hydroxyl groups excluding tert-OH is 1. The molecule has 0 aromatic carbocycles. The van der Waals surface area contributed by atoms with Crippen LogP contribution in [-0.4, -0.2) is 62.1 Å². The van der Waals surface area contributed by atoms with E-state index < -0.39 is 6.41 Å². The Balaban J connectivity index is 1.88. The van der Waals surface area contributed by atoms with Crippen LogP contribution in [0.2, 0.25) is 0 Å². The predicted molar refractivity (Wildman–Crippen MR) is 88.1 cm³/mol. The maximum atomic E-state index is 9.69. The molecule has 0 saturated carbocycles. The zero-order chi connectivity index (χ0) is 16.7. The molecule has 0 aromatic heterocycles. The molecule has 8 heteroatoms. The van der Waals surface area contributed by atoms with E-state index in [1.807, 2.05) is 17.9 Å². The van der Waals surface area contributed by atoms with Gasteiger partial charge in [-0.3, -0.25) is 9.89 Å². The summed E-state index contributed by atoms with van der Waals surface area (Å²) in [5, 5.41) is 16.4. The fraction of sp³-hybridized carbons (Fsp3) is 0.667. The Kier molecular flexibility index (Phi) is 6.85. The molecule has 0 amide bonds. The van der Waals surface area contributed by atoms with Gasteiger partial charge in [0.15, 0.2) is 0 Å². The molecule has 1 saturated heterocycles. The molecule has 2 rings (SSSR count). The lowest BCUT2D eigenvalue weighted by molar-refractivity contribution is -0.182. The van der Waals surface area contributed by atoms with Crippen LogP contribution in [0.25, 0.3) is 0 Å². The quantitative estimate of drug-likeness (QED) is 0.294. The third-order valence-corrected chi connectivity index (χ3v) is 4.13. The summed E-state index contributed by atoms with van der Waals surface area (Å²) in [5.41, 5.74) is 3.71. The van der Waals surface area contributed by atoms with Crippen molar-refractivity contribution >= 4 is 6.34 Å². The van der Waals surface area contributed by atoms with E-state index in [2.05, 4.69) is 21.1 Å². The molecule has 2 aliphatic heterocycles. The molecule has 0 aliphatic carbocycles. The van der Waals surface area contributed by atoms with E-state index in [-0.39, 0.29) is 6.04 Å². The van der Waals surface area contributed by atoms with Crippen molar-refractivity contribution in [3.63, 3.8) is 0 Å². The Labute approximate surface area is 137 Å². The van der Waals surface area contributed by atoms with Crippen molar-refractivity contribution in [3.05, 3.63) is 23.7 Å². The van der Waals surface area contributed by atoms with Gasteiger partial charge in [0, 0.05) is 33.3 Å². The molecule has 2 unspecified atom stereocenters. The minimum absolute atomic E-state index is 0.0393. The van der Waals surface area contributed by atoms with Gasteiger partial charge >= 0.3 is 0 Å². The van der Waals surface area contributed by atoms with Gasteiger partial charge in [-0.05, 0) is 31.4 Å². The fourth-order valence-electron chi connectivity index (χ4n) is 2.70. The number of rotatable bonds is 7. The second kappa shape index (κ2) is 8.88. The molecule has 4 N–H and O–H groups in total. The molecular formula is C15H27N5O3. The summed E-state index contributed by atoms with van der Waals surface area (Å²) in [6.45, 7) is 3.64. The SMILES string of the molecule is CNO/C=C/C1N=CNC(NC2CCN(C(O)OC)CC2)=C1C. The number of hydroxylamine groups is 1. The number of hydrogen-bond donors (Lipinski definition) is 4. The van der Waals surface area contributed by atoms with Gasteiger partial charge in [0.05, 0.1) is 12.4 Å². The summed E-state index contributed by atoms with van der Waals surface area (Å²) in [6, 6.07) is 0.319. The first kappa shape index (κ1) is 17.7. The van der Waals surface area contributed by atoms with Crippen LogP contribution in [0.4, 0.5) is 0 Å². The smallest absolute Gasteiger partial charge is 0.215 e. The first-order chi connectivity index (χ1) is 11.2. The molecule has 2 atom stereocenters. The van der Waals surface area contributed by atoms with Crippen molar-refractivity contribution in [1.82, 2.24) is 21.0 Å². The zero-order valence-electron chi connectivity index (χ0n) is 14.0. The highest BCUT2D eigenvalue weighted by Crippen LogP contribution is 2.17. The van der Waals surface area contributed by atoms with Crippen LogP contribution in [0.15, 0.2) is 28.7 Å². The van der Waals surface area contributed by atoms with E-state index in [9.17, 15) is 5.11 Å². The van der Waals surface area contributed by atoms with Crippen molar-refractivity contribution in [3.8, 4) is 0 Å². The van der Waals surface area contributed by atoms with Crippen LogP contribution in [0.3, 0.4) is 0 Å². The minimum Gasteiger partial charge on any atom is -0.417 e. The maximum Gasteiger partial charge on any atom is 0.215 e. The molecule has 0 bridgehead atoms. The standard InChI is InChI=1S/C15H27N5O3/c1-11-13(6-9-23-16-2)17-10-18-14(11)19-12-4-7-20(8-5-12)15(21)22-3/h6,9-10,12-13,15-16,19,21H,4-5,7-8H2,1-3H3,(H,17,18)/b9-6+. The fourth-order valence-corrected chi connectivity index (χ4v) is 2.70. The van der Waals surface area contributed by atoms with Gasteiger partial charge in [0.1, 0.15) is 12.1 Å². The normalized spacial score (nSPS) is 24.8. The first-order valence-corrected chi connectivity index (χ1v) is 7.85. The van der Waals surface area contributed by atoms with Gasteiger partial charge in [-0.1, -0.05) is 0 Å². The van der Waals surface area contributed by atoms with Crippen LogP contribution >= 0.6 is 0 Å². The topological polar surface area (TPSA) is 90.4 Å². The Morgan fingerprint density at radius 3 is 2.87 bits per heavy atom. The van der Waals surface area contributed by atoms with Gasteiger partial charge in [-0.2, -0.15) is 5.48 Å². The van der Waals surface area contributed by atoms with E-state index in [0.29, 0.717) is 6.04 Å². The minimum atomic E-state index is -0.807. The van der Waals surface area contributed by atoms with Gasteiger partial charge in [-0.15, -0.1) is 0 Å². The summed E-state index contributed by atoms with van der Waals surface area (Å²) in [6.07, 6.45) is 6.27. The van der Waals surface area contributed by atoms with Crippen molar-refractivity contribution < 1.29 is 14.7 Å². The number of piperidine rings is 1. The lowest BCUT2D eigenvalue weighted by Crippen LogP contribution is -2.48. The summed E-state index contributed by atoms with van der Waals surface area (Å²) in [5.74, 6) is 0.991. The molecule has 23 heavy (non-hydrogen) atoms. The third-order valence-electron chi connectivity index (χ3n) is 4.13. The molecular weight excluding hydrogens is 298 g/mol. The number of aliphatic hydroxyl groups is 1. The monoisotopic (exact) mass is 325 g/mol. The molecule has 0 spiro atoms. The second-order valence-corrected chi connectivity index (χ2v) is 5.59. The largest absolute Gasteiger partial charge is 0.417 e. The molecule has 0 aromatic rings. The Morgan fingerprint density at radius 2 is 2.22 bits per heavy atom. The number of nitrogens with zero attached hydrogens (tertiary/aromatic N) is 2. The van der Waals surface area contributed by atoms with E-state index in [0.717, 1.165) is 37.3 Å². The van der Waals surface area contributed by atoms with Crippen LogP contribution in [0, 0.1) is 0 Å². The maximum absolute atomic E-state index is 9.69. The highest BCUT2D eigenvalue weighted by Gasteiger charge is 2.25. The van der Waals surface area contributed by atoms with Crippen LogP contribution < -0.4 is 16.1 Å². The number of nitrogens with one attached hydrogen (secondary N) is 3. The lowest BCUT2D eigenvalue weighted by Gasteiger charge is -2.35. The van der Waals surface area contributed by atoms with E-state index in [1.165, 1.54) is 7.11 Å². The van der Waals surface area contributed by atoms with Gasteiger partial charge in [0.2, 0.25) is 6.41 Å². The number of aliphatic imine (C=N–C) groups is 1. The van der Waals surface area contributed by atoms with Crippen molar-refractivity contribution in [1.29, 1.82) is 0 Å². The second-order valence-electron chi connectivity index (χ2n) is 5.59. The number of hydrogen-bond acceptors (Lipinski definition) is 8. The van der Waals surface area contributed by atoms with E-state index in [4.69, 9.17) is 9.57 Å². The number of ether oxygens (including phenoxy) is 1. The van der Waals surface area contributed by atoms with E-state index in [1.54, 1.807) is 19.6 Å². The summed E-state index contributed by atoms with van der Waals surface area (Å²) in [4.78, 5) is 11.3. The summed E-state index contributed by atoms with van der Waals surface area (Å²) in [7, 11) is 3.22. The first-order valence-electron chi connectivity index (χ1n) is 7.85. The van der Waals surface area contributed by atoms with Crippen molar-refractivity contribution in [2.75, 3.05) is 27.2 Å². The van der Waals surface area contributed by atoms with Gasteiger partial charge in [0.25, 0.3) is 0 Å². The van der Waals surface area contributed by atoms with Gasteiger partial charge < -0.3 is 25.3 Å². The Bertz CT molecular complexity index is 458. The molecule has 1 fully saturated rings. The van der Waals surface area contributed by atoms with Crippen LogP contribution in [0.1, 0.15) is 19.8 Å². The zero-order valence-corrected chi connectivity index (χ0v) is 14.0. The number of methoxy groups -OCH3 is 1. The lowest BCUT2D eigenvalue weighted by atomic mass is 10.0. The predicted octanol–water partition coefficient (Wildman–Crippen LogP) is -0.141. The molecule has 8 nitrogen and oxygen atoms in total. The highest BCUT2D eigenvalue weighted by molar-refractivity contribution is 5.61. The van der Waals surface area contributed by atoms with Crippen LogP contribution in [0.5, 0.6) is 0 Å². The Hall–Kier alpha value is -1.61. The number of likely N-dealkylation sites (tertiary alicyclic amines) is 1. The average Bonchev–Trinajstić information content (AvgIpc) is 2.58. The van der Waals surface area contributed by atoms with Crippen molar-refractivity contribution in [2.45, 2.75) is 38.3 Å². The molecule has 2 aliphatic rings. The highest BCUT2D eigenvalue weighted by atomic mass is 16.6. The van der Waals surface area contributed by atoms with Crippen LogP contribution in [-0.2, 0) is 9.57 Å². The molecule has 0 radical (unpaired) electrons. The third kappa shape index (κ3) is 4.93. The van der Waals surface area contributed by atoms with Gasteiger partial charge in [-0.25, -0.2) is 0 Å². The van der Waals surface area contributed by atoms with Crippen molar-refractivity contribution in [2.24, 2.45) is 4.99 Å².